The van der Waals surface area contributed by atoms with Crippen LogP contribution in [0.15, 0.2) is 22.7 Å². The van der Waals surface area contributed by atoms with Gasteiger partial charge in [-0.05, 0) is 37.0 Å². The summed E-state index contributed by atoms with van der Waals surface area (Å²) < 4.78 is 1.01. The second kappa shape index (κ2) is 8.45. The number of nitrogens with one attached hydrogen (secondary N) is 1. The predicted octanol–water partition coefficient (Wildman–Crippen LogP) is 1.61. The maximum atomic E-state index is 12.6. The number of halogens is 1. The number of rotatable bonds is 5. The fraction of sp³-hybridized carbons (Fsp3) is 0.529. The van der Waals surface area contributed by atoms with Crippen molar-refractivity contribution in [1.29, 1.82) is 0 Å². The molecule has 0 aliphatic carbocycles. The van der Waals surface area contributed by atoms with Crippen LogP contribution in [0.1, 0.15) is 24.0 Å². The van der Waals surface area contributed by atoms with E-state index in [0.29, 0.717) is 26.1 Å². The van der Waals surface area contributed by atoms with Gasteiger partial charge in [0.2, 0.25) is 11.8 Å². The molecule has 1 saturated heterocycles. The van der Waals surface area contributed by atoms with Gasteiger partial charge in [-0.25, -0.2) is 0 Å². The van der Waals surface area contributed by atoms with Gasteiger partial charge in [0.05, 0.1) is 12.3 Å². The van der Waals surface area contributed by atoms with Gasteiger partial charge in [0.15, 0.2) is 0 Å². The summed E-state index contributed by atoms with van der Waals surface area (Å²) >= 11 is 3.50. The topological polar surface area (TPSA) is 75.4 Å². The molecule has 1 atom stereocenters. The van der Waals surface area contributed by atoms with E-state index in [-0.39, 0.29) is 17.7 Å². The number of piperidine rings is 1. The van der Waals surface area contributed by atoms with Crippen LogP contribution in [0, 0.1) is 12.8 Å². The van der Waals surface area contributed by atoms with Crippen LogP contribution in [-0.2, 0) is 16.0 Å². The van der Waals surface area contributed by atoms with Crippen molar-refractivity contribution in [3.8, 4) is 0 Å². The summed E-state index contributed by atoms with van der Waals surface area (Å²) in [5.74, 6) is -0.0306. The molecule has 1 aliphatic rings. The Kier molecular flexibility index (Phi) is 6.59. The van der Waals surface area contributed by atoms with E-state index in [1.165, 1.54) is 0 Å². The second-order valence-corrected chi connectivity index (χ2v) is 6.81. The molecule has 1 fully saturated rings. The smallest absolute Gasteiger partial charge is 0.227 e. The SMILES string of the molecule is Cc1c(Br)cccc1CC(=O)N1CCCC(C(=O)NCCN)C1. The lowest BCUT2D eigenvalue weighted by atomic mass is 9.96. The Bertz CT molecular complexity index is 577. The number of nitrogens with zero attached hydrogens (tertiary/aromatic N) is 1. The van der Waals surface area contributed by atoms with Crippen molar-refractivity contribution >= 4 is 27.7 Å². The van der Waals surface area contributed by atoms with Crippen molar-refractivity contribution in [3.05, 3.63) is 33.8 Å². The third kappa shape index (κ3) is 4.78. The van der Waals surface area contributed by atoms with E-state index in [1.54, 1.807) is 0 Å². The Morgan fingerprint density at radius 2 is 2.22 bits per heavy atom. The lowest BCUT2D eigenvalue weighted by molar-refractivity contribution is -0.135. The van der Waals surface area contributed by atoms with Crippen LogP contribution in [0.5, 0.6) is 0 Å². The van der Waals surface area contributed by atoms with Crippen molar-refractivity contribution in [1.82, 2.24) is 10.2 Å². The Balaban J connectivity index is 1.96. The molecular formula is C17H24BrN3O2. The first-order valence-electron chi connectivity index (χ1n) is 8.02. The molecule has 1 heterocycles. The minimum absolute atomic E-state index is 0.00610. The Labute approximate surface area is 145 Å². The molecule has 1 unspecified atom stereocenters. The molecule has 23 heavy (non-hydrogen) atoms. The van der Waals surface area contributed by atoms with Crippen molar-refractivity contribution in [3.63, 3.8) is 0 Å². The van der Waals surface area contributed by atoms with Gasteiger partial charge in [0, 0.05) is 30.7 Å². The molecule has 1 aromatic carbocycles. The van der Waals surface area contributed by atoms with Crippen molar-refractivity contribution in [2.24, 2.45) is 11.7 Å². The molecule has 1 aromatic rings. The number of likely N-dealkylation sites (tertiary alicyclic amines) is 1. The maximum Gasteiger partial charge on any atom is 0.227 e. The molecule has 3 N–H and O–H groups in total. The second-order valence-electron chi connectivity index (χ2n) is 5.96. The van der Waals surface area contributed by atoms with Crippen molar-refractivity contribution in [2.75, 3.05) is 26.2 Å². The minimum Gasteiger partial charge on any atom is -0.355 e. The zero-order chi connectivity index (χ0) is 16.8. The lowest BCUT2D eigenvalue weighted by Gasteiger charge is -2.32. The van der Waals surface area contributed by atoms with E-state index < -0.39 is 0 Å². The number of hydrogen-bond donors (Lipinski definition) is 2. The average molecular weight is 382 g/mol. The van der Waals surface area contributed by atoms with Crippen LogP contribution in [-0.4, -0.2) is 42.9 Å². The van der Waals surface area contributed by atoms with Gasteiger partial charge in [-0.15, -0.1) is 0 Å². The van der Waals surface area contributed by atoms with Crippen molar-refractivity contribution in [2.45, 2.75) is 26.2 Å². The molecule has 0 saturated carbocycles. The molecule has 2 amide bonds. The molecule has 0 spiro atoms. The summed E-state index contributed by atoms with van der Waals surface area (Å²) in [5.41, 5.74) is 7.53. The van der Waals surface area contributed by atoms with E-state index in [2.05, 4.69) is 21.2 Å². The highest BCUT2D eigenvalue weighted by molar-refractivity contribution is 9.10. The molecular weight excluding hydrogens is 358 g/mol. The number of carbonyl (C=O) groups excluding carboxylic acids is 2. The number of hydrogen-bond acceptors (Lipinski definition) is 3. The normalized spacial score (nSPS) is 17.9. The fourth-order valence-corrected chi connectivity index (χ4v) is 3.28. The Morgan fingerprint density at radius 1 is 1.43 bits per heavy atom. The van der Waals surface area contributed by atoms with Crippen LogP contribution in [0.4, 0.5) is 0 Å². The van der Waals surface area contributed by atoms with E-state index in [4.69, 9.17) is 5.73 Å². The zero-order valence-corrected chi connectivity index (χ0v) is 15.1. The largest absolute Gasteiger partial charge is 0.355 e. The zero-order valence-electron chi connectivity index (χ0n) is 13.5. The standard InChI is InChI=1S/C17H24BrN3O2/c1-12-13(4-2-6-15(12)18)10-16(22)21-9-3-5-14(11-21)17(23)20-8-7-19/h2,4,6,14H,3,5,7-11,19H2,1H3,(H,20,23). The predicted molar refractivity (Wildman–Crippen MR) is 94.0 cm³/mol. The third-order valence-electron chi connectivity index (χ3n) is 4.31. The van der Waals surface area contributed by atoms with Gasteiger partial charge < -0.3 is 16.0 Å². The molecule has 0 aromatic heterocycles. The van der Waals surface area contributed by atoms with E-state index in [9.17, 15) is 9.59 Å². The van der Waals surface area contributed by atoms with E-state index >= 15 is 0 Å². The quantitative estimate of drug-likeness (QED) is 0.813. The maximum absolute atomic E-state index is 12.6. The van der Waals surface area contributed by atoms with Crippen LogP contribution in [0.25, 0.3) is 0 Å². The summed E-state index contributed by atoms with van der Waals surface area (Å²) in [6.07, 6.45) is 2.07. The molecule has 6 heteroatoms. The third-order valence-corrected chi connectivity index (χ3v) is 5.17. The first kappa shape index (κ1) is 17.9. The highest BCUT2D eigenvalue weighted by Crippen LogP contribution is 2.22. The van der Waals surface area contributed by atoms with Gasteiger partial charge in [-0.1, -0.05) is 28.1 Å². The van der Waals surface area contributed by atoms with Crippen LogP contribution in [0.3, 0.4) is 0 Å². The van der Waals surface area contributed by atoms with Crippen LogP contribution in [0.2, 0.25) is 0 Å². The highest BCUT2D eigenvalue weighted by Gasteiger charge is 2.28. The Morgan fingerprint density at radius 3 is 2.96 bits per heavy atom. The fourth-order valence-electron chi connectivity index (χ4n) is 2.88. The Hall–Kier alpha value is -1.40. The first-order chi connectivity index (χ1) is 11.0. The lowest BCUT2D eigenvalue weighted by Crippen LogP contribution is -2.46. The van der Waals surface area contributed by atoms with Crippen molar-refractivity contribution < 1.29 is 9.59 Å². The summed E-state index contributed by atoms with van der Waals surface area (Å²) in [6.45, 7) is 4.16. The number of carbonyl (C=O) groups is 2. The summed E-state index contributed by atoms with van der Waals surface area (Å²) in [6, 6.07) is 5.90. The highest BCUT2D eigenvalue weighted by atomic mass is 79.9. The molecule has 0 bridgehead atoms. The van der Waals surface area contributed by atoms with Gasteiger partial charge in [0.1, 0.15) is 0 Å². The average Bonchev–Trinajstić information content (AvgIpc) is 2.57. The number of amides is 2. The van der Waals surface area contributed by atoms with Crippen LogP contribution >= 0.6 is 15.9 Å². The molecule has 126 valence electrons. The van der Waals surface area contributed by atoms with E-state index in [1.807, 2.05) is 30.0 Å². The number of benzene rings is 1. The van der Waals surface area contributed by atoms with E-state index in [0.717, 1.165) is 35.0 Å². The van der Waals surface area contributed by atoms with Gasteiger partial charge in [-0.2, -0.15) is 0 Å². The minimum atomic E-state index is -0.122. The molecule has 1 aliphatic heterocycles. The summed E-state index contributed by atoms with van der Waals surface area (Å²) in [4.78, 5) is 26.5. The van der Waals surface area contributed by atoms with Gasteiger partial charge in [0.25, 0.3) is 0 Å². The molecule has 2 rings (SSSR count). The first-order valence-corrected chi connectivity index (χ1v) is 8.81. The van der Waals surface area contributed by atoms with Gasteiger partial charge >= 0.3 is 0 Å². The summed E-state index contributed by atoms with van der Waals surface area (Å²) in [5, 5.41) is 2.82. The number of nitrogens with two attached hydrogens (primary N) is 1. The van der Waals surface area contributed by atoms with Crippen LogP contribution < -0.4 is 11.1 Å². The summed E-state index contributed by atoms with van der Waals surface area (Å²) in [7, 11) is 0. The molecule has 0 radical (unpaired) electrons. The monoisotopic (exact) mass is 381 g/mol. The molecule has 5 nitrogen and oxygen atoms in total. The van der Waals surface area contributed by atoms with Gasteiger partial charge in [-0.3, -0.25) is 9.59 Å².